The van der Waals surface area contributed by atoms with Crippen LogP contribution in [0, 0.1) is 5.82 Å². The van der Waals surface area contributed by atoms with Gasteiger partial charge in [-0.3, -0.25) is 0 Å². The molecule has 0 atom stereocenters. The lowest BCUT2D eigenvalue weighted by molar-refractivity contribution is 0.238. The van der Waals surface area contributed by atoms with Crippen molar-refractivity contribution < 1.29 is 13.9 Å². The first-order valence-corrected chi connectivity index (χ1v) is 5.71. The molecule has 1 aliphatic rings. The van der Waals surface area contributed by atoms with E-state index in [1.807, 2.05) is 12.1 Å². The van der Waals surface area contributed by atoms with Crippen molar-refractivity contribution in [2.75, 3.05) is 6.61 Å². The SMILES string of the molecule is OCC1(c2ccc(-c3ccc(F)cc3)o2)CC1. The van der Waals surface area contributed by atoms with Crippen LogP contribution in [0.25, 0.3) is 11.3 Å². The minimum Gasteiger partial charge on any atom is -0.460 e. The van der Waals surface area contributed by atoms with Crippen molar-refractivity contribution in [3.63, 3.8) is 0 Å². The molecular weight excluding hydrogens is 219 g/mol. The van der Waals surface area contributed by atoms with Crippen molar-refractivity contribution in [1.82, 2.24) is 0 Å². The summed E-state index contributed by atoms with van der Waals surface area (Å²) in [7, 11) is 0. The second-order valence-corrected chi connectivity index (χ2v) is 4.61. The van der Waals surface area contributed by atoms with Crippen LogP contribution in [0.2, 0.25) is 0 Å². The van der Waals surface area contributed by atoms with Gasteiger partial charge in [0.1, 0.15) is 17.3 Å². The second-order valence-electron chi connectivity index (χ2n) is 4.61. The molecule has 0 aliphatic heterocycles. The summed E-state index contributed by atoms with van der Waals surface area (Å²) in [6.45, 7) is 0.128. The number of aliphatic hydroxyl groups excluding tert-OH is 1. The van der Waals surface area contributed by atoms with E-state index in [1.165, 1.54) is 12.1 Å². The van der Waals surface area contributed by atoms with Crippen molar-refractivity contribution in [3.8, 4) is 11.3 Å². The van der Waals surface area contributed by atoms with Crippen LogP contribution in [-0.4, -0.2) is 11.7 Å². The maximum atomic E-state index is 12.8. The molecule has 1 aliphatic carbocycles. The maximum Gasteiger partial charge on any atom is 0.134 e. The normalized spacial score (nSPS) is 17.1. The standard InChI is InChI=1S/C14H13FO2/c15-11-3-1-10(2-4-11)12-5-6-13(17-12)14(9-16)7-8-14/h1-6,16H,7-9H2. The summed E-state index contributed by atoms with van der Waals surface area (Å²) < 4.78 is 18.5. The first-order valence-electron chi connectivity index (χ1n) is 5.71. The summed E-state index contributed by atoms with van der Waals surface area (Å²) in [5.41, 5.74) is 0.699. The largest absolute Gasteiger partial charge is 0.460 e. The van der Waals surface area contributed by atoms with Crippen LogP contribution in [0.3, 0.4) is 0 Å². The van der Waals surface area contributed by atoms with E-state index in [1.54, 1.807) is 12.1 Å². The van der Waals surface area contributed by atoms with Gasteiger partial charge in [0.05, 0.1) is 12.0 Å². The number of aliphatic hydroxyl groups is 1. The van der Waals surface area contributed by atoms with Gasteiger partial charge in [-0.15, -0.1) is 0 Å². The fraction of sp³-hybridized carbons (Fsp3) is 0.286. The Kier molecular flexibility index (Phi) is 2.30. The molecular formula is C14H13FO2. The van der Waals surface area contributed by atoms with Gasteiger partial charge in [0.15, 0.2) is 0 Å². The number of rotatable bonds is 3. The van der Waals surface area contributed by atoms with E-state index in [-0.39, 0.29) is 17.8 Å². The Morgan fingerprint density at radius 1 is 1.12 bits per heavy atom. The second kappa shape index (κ2) is 3.70. The Labute approximate surface area is 98.7 Å². The van der Waals surface area contributed by atoms with Gasteiger partial charge in [0.25, 0.3) is 0 Å². The lowest BCUT2D eigenvalue weighted by Crippen LogP contribution is -2.10. The molecule has 1 fully saturated rings. The summed E-state index contributed by atoms with van der Waals surface area (Å²) in [6.07, 6.45) is 1.94. The molecule has 3 rings (SSSR count). The highest BCUT2D eigenvalue weighted by molar-refractivity contribution is 5.57. The van der Waals surface area contributed by atoms with Crippen LogP contribution in [0.4, 0.5) is 4.39 Å². The fourth-order valence-corrected chi connectivity index (χ4v) is 2.03. The molecule has 2 nitrogen and oxygen atoms in total. The molecule has 1 heterocycles. The van der Waals surface area contributed by atoms with E-state index in [4.69, 9.17) is 4.42 Å². The Hall–Kier alpha value is -1.61. The van der Waals surface area contributed by atoms with E-state index in [9.17, 15) is 9.50 Å². The third kappa shape index (κ3) is 1.76. The van der Waals surface area contributed by atoms with Gasteiger partial charge in [-0.25, -0.2) is 4.39 Å². The molecule has 0 unspecified atom stereocenters. The Bertz CT molecular complexity index is 523. The summed E-state index contributed by atoms with van der Waals surface area (Å²) >= 11 is 0. The third-order valence-corrected chi connectivity index (χ3v) is 3.41. The van der Waals surface area contributed by atoms with Crippen LogP contribution in [0.5, 0.6) is 0 Å². The predicted molar refractivity (Wildman–Crippen MR) is 62.1 cm³/mol. The Morgan fingerprint density at radius 3 is 2.41 bits per heavy atom. The molecule has 0 amide bonds. The number of benzene rings is 1. The van der Waals surface area contributed by atoms with E-state index in [2.05, 4.69) is 0 Å². The highest BCUT2D eigenvalue weighted by Crippen LogP contribution is 2.48. The molecule has 1 aromatic heterocycles. The molecule has 3 heteroatoms. The molecule has 17 heavy (non-hydrogen) atoms. The lowest BCUT2D eigenvalue weighted by atomic mass is 10.1. The number of furan rings is 1. The van der Waals surface area contributed by atoms with Crippen LogP contribution in [-0.2, 0) is 5.41 Å². The Balaban J connectivity index is 1.92. The molecule has 1 aromatic carbocycles. The molecule has 1 saturated carbocycles. The van der Waals surface area contributed by atoms with E-state index in [0.29, 0.717) is 0 Å². The molecule has 0 radical (unpaired) electrons. The van der Waals surface area contributed by atoms with Crippen molar-refractivity contribution in [2.45, 2.75) is 18.3 Å². The van der Waals surface area contributed by atoms with E-state index < -0.39 is 0 Å². The third-order valence-electron chi connectivity index (χ3n) is 3.41. The first kappa shape index (κ1) is 10.5. The van der Waals surface area contributed by atoms with Gasteiger partial charge in [-0.05, 0) is 49.2 Å². The Morgan fingerprint density at radius 2 is 1.82 bits per heavy atom. The topological polar surface area (TPSA) is 33.4 Å². The number of hydrogen-bond acceptors (Lipinski definition) is 2. The monoisotopic (exact) mass is 232 g/mol. The van der Waals surface area contributed by atoms with Gasteiger partial charge in [-0.2, -0.15) is 0 Å². The zero-order valence-corrected chi connectivity index (χ0v) is 9.32. The maximum absolute atomic E-state index is 12.8. The summed E-state index contributed by atoms with van der Waals surface area (Å²) in [4.78, 5) is 0. The van der Waals surface area contributed by atoms with Gasteiger partial charge in [-0.1, -0.05) is 0 Å². The number of halogens is 1. The summed E-state index contributed by atoms with van der Waals surface area (Å²) in [5.74, 6) is 1.30. The first-order chi connectivity index (χ1) is 8.23. The van der Waals surface area contributed by atoms with Crippen LogP contribution in [0.1, 0.15) is 18.6 Å². The van der Waals surface area contributed by atoms with Gasteiger partial charge >= 0.3 is 0 Å². The minimum atomic E-state index is -0.255. The van der Waals surface area contributed by atoms with Gasteiger partial charge in [0, 0.05) is 5.56 Å². The molecule has 0 spiro atoms. The molecule has 0 saturated heterocycles. The van der Waals surface area contributed by atoms with Crippen molar-refractivity contribution in [1.29, 1.82) is 0 Å². The quantitative estimate of drug-likeness (QED) is 0.882. The summed E-state index contributed by atoms with van der Waals surface area (Å²) in [6, 6.07) is 9.99. The average Bonchev–Trinajstić information content (AvgIpc) is 3.00. The highest BCUT2D eigenvalue weighted by Gasteiger charge is 2.46. The van der Waals surface area contributed by atoms with Crippen molar-refractivity contribution in [3.05, 3.63) is 48.0 Å². The molecule has 88 valence electrons. The number of hydrogen-bond donors (Lipinski definition) is 1. The highest BCUT2D eigenvalue weighted by atomic mass is 19.1. The molecule has 0 bridgehead atoms. The fourth-order valence-electron chi connectivity index (χ4n) is 2.03. The molecule has 2 aromatic rings. The van der Waals surface area contributed by atoms with Crippen molar-refractivity contribution in [2.24, 2.45) is 0 Å². The van der Waals surface area contributed by atoms with Crippen molar-refractivity contribution >= 4 is 0 Å². The smallest absolute Gasteiger partial charge is 0.134 e. The summed E-state index contributed by atoms with van der Waals surface area (Å²) in [5, 5.41) is 9.32. The van der Waals surface area contributed by atoms with E-state index in [0.717, 1.165) is 29.9 Å². The van der Waals surface area contributed by atoms with Crippen LogP contribution >= 0.6 is 0 Å². The molecule has 1 N–H and O–H groups in total. The van der Waals surface area contributed by atoms with E-state index >= 15 is 0 Å². The van der Waals surface area contributed by atoms with Crippen LogP contribution < -0.4 is 0 Å². The van der Waals surface area contributed by atoms with Gasteiger partial charge < -0.3 is 9.52 Å². The van der Waals surface area contributed by atoms with Crippen LogP contribution in [0.15, 0.2) is 40.8 Å². The predicted octanol–water partition coefficient (Wildman–Crippen LogP) is 3.11. The minimum absolute atomic E-state index is 0.128. The average molecular weight is 232 g/mol. The van der Waals surface area contributed by atoms with Gasteiger partial charge in [0.2, 0.25) is 0 Å². The zero-order valence-electron chi connectivity index (χ0n) is 9.32. The lowest BCUT2D eigenvalue weighted by Gasteiger charge is -2.06. The zero-order chi connectivity index (χ0) is 11.9.